The number of benzene rings is 1. The molecule has 1 saturated heterocycles. The molecular weight excluding hydrogens is 299 g/mol. The van der Waals surface area contributed by atoms with E-state index in [-0.39, 0.29) is 18.1 Å². The molecule has 2 heterocycles. The molecule has 1 fully saturated rings. The molecule has 0 atom stereocenters. The van der Waals surface area contributed by atoms with Crippen molar-refractivity contribution in [2.45, 2.75) is 26.2 Å². The zero-order valence-corrected chi connectivity index (χ0v) is 13.0. The van der Waals surface area contributed by atoms with Crippen LogP contribution in [0.5, 0.6) is 0 Å². The lowest BCUT2D eigenvalue weighted by atomic mass is 10.2. The second kappa shape index (κ2) is 6.76. The molecule has 0 unspecified atom stereocenters. The topological polar surface area (TPSA) is 70.0 Å². The third-order valence-electron chi connectivity index (χ3n) is 3.82. The van der Waals surface area contributed by atoms with Crippen molar-refractivity contribution in [2.75, 3.05) is 19.7 Å². The quantitative estimate of drug-likeness (QED) is 0.685. The van der Waals surface area contributed by atoms with Crippen LogP contribution in [0, 0.1) is 5.82 Å². The highest BCUT2D eigenvalue weighted by Crippen LogP contribution is 2.32. The maximum absolute atomic E-state index is 13.6. The molecule has 1 aliphatic rings. The number of aromatic nitrogens is 1. The zero-order valence-electron chi connectivity index (χ0n) is 13.0. The van der Waals surface area contributed by atoms with Gasteiger partial charge in [-0.15, -0.1) is 5.11 Å². The highest BCUT2D eigenvalue weighted by Gasteiger charge is 2.20. The number of fused-ring (bicyclic) bond motifs is 1. The molecule has 1 aromatic heterocycles. The van der Waals surface area contributed by atoms with Crippen molar-refractivity contribution >= 4 is 22.6 Å². The summed E-state index contributed by atoms with van der Waals surface area (Å²) in [5.41, 5.74) is 1.15. The lowest BCUT2D eigenvalue weighted by Gasteiger charge is -2.21. The monoisotopic (exact) mass is 318 g/mol. The van der Waals surface area contributed by atoms with E-state index in [0.717, 1.165) is 25.9 Å². The highest BCUT2D eigenvalue weighted by molar-refractivity contribution is 6.04. The third-order valence-corrected chi connectivity index (χ3v) is 3.82. The maximum Gasteiger partial charge on any atom is 0.357 e. The van der Waals surface area contributed by atoms with E-state index in [9.17, 15) is 9.18 Å². The van der Waals surface area contributed by atoms with Crippen molar-refractivity contribution in [3.05, 3.63) is 29.7 Å². The molecule has 1 aliphatic heterocycles. The summed E-state index contributed by atoms with van der Waals surface area (Å²) in [5.74, 6) is -0.905. The van der Waals surface area contributed by atoms with E-state index in [1.165, 1.54) is 18.6 Å². The van der Waals surface area contributed by atoms with Crippen LogP contribution in [0.15, 0.2) is 28.5 Å². The SMILES string of the molecule is CCOC(=O)c1[nH]c2ccc(F)cc2c1N=NN1CCCCC1. The minimum Gasteiger partial charge on any atom is -0.461 e. The van der Waals surface area contributed by atoms with Crippen LogP contribution in [0.4, 0.5) is 10.1 Å². The van der Waals surface area contributed by atoms with Crippen LogP contribution < -0.4 is 0 Å². The fourth-order valence-corrected chi connectivity index (χ4v) is 2.68. The predicted octanol–water partition coefficient (Wildman–Crippen LogP) is 3.97. The van der Waals surface area contributed by atoms with E-state index in [0.29, 0.717) is 16.6 Å². The molecule has 2 aromatic rings. The van der Waals surface area contributed by atoms with Crippen LogP contribution in [-0.4, -0.2) is 35.7 Å². The summed E-state index contributed by atoms with van der Waals surface area (Å²) in [5, 5.41) is 10.8. The largest absolute Gasteiger partial charge is 0.461 e. The molecule has 1 N–H and O–H groups in total. The summed E-state index contributed by atoms with van der Waals surface area (Å²) in [6.45, 7) is 3.67. The lowest BCUT2D eigenvalue weighted by Crippen LogP contribution is -2.23. The number of ether oxygens (including phenoxy) is 1. The summed E-state index contributed by atoms with van der Waals surface area (Å²) in [4.78, 5) is 15.1. The van der Waals surface area contributed by atoms with Gasteiger partial charge in [0.05, 0.1) is 6.61 Å². The standard InChI is InChI=1S/C16H19FN4O2/c1-2-23-16(22)15-14(19-20-21-8-4-3-5-9-21)12-10-11(17)6-7-13(12)18-15/h6-7,10,18H,2-5,8-9H2,1H3. The minimum atomic E-state index is -0.517. The number of nitrogens with zero attached hydrogens (tertiary/aromatic N) is 3. The molecule has 0 spiro atoms. The number of carbonyl (C=O) groups is 1. The van der Waals surface area contributed by atoms with Crippen LogP contribution in [-0.2, 0) is 4.74 Å². The number of aromatic amines is 1. The molecule has 23 heavy (non-hydrogen) atoms. The minimum absolute atomic E-state index is 0.202. The Morgan fingerprint density at radius 3 is 2.87 bits per heavy atom. The van der Waals surface area contributed by atoms with Crippen LogP contribution in [0.2, 0.25) is 0 Å². The Morgan fingerprint density at radius 2 is 2.13 bits per heavy atom. The van der Waals surface area contributed by atoms with Crippen LogP contribution in [0.25, 0.3) is 10.9 Å². The molecule has 122 valence electrons. The molecule has 0 aliphatic carbocycles. The average Bonchev–Trinajstić information content (AvgIpc) is 2.92. The molecule has 0 amide bonds. The van der Waals surface area contributed by atoms with Crippen molar-refractivity contribution in [3.8, 4) is 0 Å². The zero-order chi connectivity index (χ0) is 16.2. The first-order chi connectivity index (χ1) is 11.2. The van der Waals surface area contributed by atoms with Gasteiger partial charge in [0.15, 0.2) is 5.69 Å². The fourth-order valence-electron chi connectivity index (χ4n) is 2.68. The molecule has 0 bridgehead atoms. The number of carbonyl (C=O) groups excluding carboxylic acids is 1. The van der Waals surface area contributed by atoms with Crippen LogP contribution in [0.3, 0.4) is 0 Å². The smallest absolute Gasteiger partial charge is 0.357 e. The Bertz CT molecular complexity index is 735. The summed E-state index contributed by atoms with van der Waals surface area (Å²) in [7, 11) is 0. The molecule has 6 nitrogen and oxygen atoms in total. The fraction of sp³-hybridized carbons (Fsp3) is 0.438. The highest BCUT2D eigenvalue weighted by atomic mass is 19.1. The average molecular weight is 318 g/mol. The van der Waals surface area contributed by atoms with Gasteiger partial charge < -0.3 is 9.72 Å². The Labute approximate surface area is 133 Å². The molecule has 0 saturated carbocycles. The van der Waals surface area contributed by atoms with Gasteiger partial charge >= 0.3 is 5.97 Å². The van der Waals surface area contributed by atoms with Gasteiger partial charge in [0.2, 0.25) is 0 Å². The first kappa shape index (κ1) is 15.5. The lowest BCUT2D eigenvalue weighted by molar-refractivity contribution is 0.0521. The number of hydrogen-bond donors (Lipinski definition) is 1. The van der Waals surface area contributed by atoms with Crippen LogP contribution in [0.1, 0.15) is 36.7 Å². The summed E-state index contributed by atoms with van der Waals surface area (Å²) in [6, 6.07) is 4.26. The molecule has 3 rings (SSSR count). The number of halogens is 1. The van der Waals surface area contributed by atoms with E-state index in [4.69, 9.17) is 4.74 Å². The van der Waals surface area contributed by atoms with E-state index in [1.807, 2.05) is 5.01 Å². The molecule has 1 aromatic carbocycles. The second-order valence-corrected chi connectivity index (χ2v) is 5.46. The van der Waals surface area contributed by atoms with Gasteiger partial charge in [-0.3, -0.25) is 5.01 Å². The Kier molecular flexibility index (Phi) is 4.55. The van der Waals surface area contributed by atoms with Gasteiger partial charge in [-0.2, -0.15) is 0 Å². The van der Waals surface area contributed by atoms with Crippen molar-refractivity contribution in [1.82, 2.24) is 9.99 Å². The number of nitrogens with one attached hydrogen (secondary N) is 1. The Balaban J connectivity index is 2.00. The number of esters is 1. The normalized spacial score (nSPS) is 15.5. The van der Waals surface area contributed by atoms with E-state index >= 15 is 0 Å². The maximum atomic E-state index is 13.6. The Morgan fingerprint density at radius 1 is 1.35 bits per heavy atom. The van der Waals surface area contributed by atoms with Gasteiger partial charge in [0, 0.05) is 24.0 Å². The first-order valence-electron chi connectivity index (χ1n) is 7.84. The van der Waals surface area contributed by atoms with E-state index < -0.39 is 5.97 Å². The summed E-state index contributed by atoms with van der Waals surface area (Å²) in [6.07, 6.45) is 3.34. The van der Waals surface area contributed by atoms with Gasteiger partial charge in [0.25, 0.3) is 0 Å². The third kappa shape index (κ3) is 3.33. The Hall–Kier alpha value is -2.44. The van der Waals surface area contributed by atoms with Crippen molar-refractivity contribution < 1.29 is 13.9 Å². The predicted molar refractivity (Wildman–Crippen MR) is 84.2 cm³/mol. The molecule has 7 heteroatoms. The van der Waals surface area contributed by atoms with Gasteiger partial charge in [-0.1, -0.05) is 5.22 Å². The van der Waals surface area contributed by atoms with Gasteiger partial charge in [-0.25, -0.2) is 9.18 Å². The van der Waals surface area contributed by atoms with E-state index in [1.54, 1.807) is 13.0 Å². The first-order valence-corrected chi connectivity index (χ1v) is 7.84. The number of hydrogen-bond acceptors (Lipinski definition) is 4. The van der Waals surface area contributed by atoms with E-state index in [2.05, 4.69) is 15.3 Å². The van der Waals surface area contributed by atoms with Crippen molar-refractivity contribution in [1.29, 1.82) is 0 Å². The van der Waals surface area contributed by atoms with Crippen molar-refractivity contribution in [3.63, 3.8) is 0 Å². The van der Waals surface area contributed by atoms with Crippen molar-refractivity contribution in [2.24, 2.45) is 10.3 Å². The van der Waals surface area contributed by atoms with Gasteiger partial charge in [0.1, 0.15) is 11.5 Å². The van der Waals surface area contributed by atoms with Gasteiger partial charge in [-0.05, 0) is 44.4 Å². The molecule has 0 radical (unpaired) electrons. The summed E-state index contributed by atoms with van der Waals surface area (Å²) < 4.78 is 18.6. The molecular formula is C16H19FN4O2. The number of rotatable bonds is 4. The number of H-pyrrole nitrogens is 1. The number of piperidine rings is 1. The second-order valence-electron chi connectivity index (χ2n) is 5.46. The van der Waals surface area contributed by atoms with Crippen LogP contribution >= 0.6 is 0 Å². The summed E-state index contributed by atoms with van der Waals surface area (Å²) >= 11 is 0.